The van der Waals surface area contributed by atoms with Gasteiger partial charge in [0, 0.05) is 18.0 Å². The molecule has 0 N–H and O–H groups in total. The van der Waals surface area contributed by atoms with Crippen molar-refractivity contribution in [3.05, 3.63) is 57.6 Å². The quantitative estimate of drug-likeness (QED) is 0.586. The van der Waals surface area contributed by atoms with Gasteiger partial charge in [-0.25, -0.2) is 9.38 Å². The summed E-state index contributed by atoms with van der Waals surface area (Å²) in [5.41, 5.74) is 1.53. The molecule has 0 aliphatic heterocycles. The van der Waals surface area contributed by atoms with Crippen molar-refractivity contribution in [2.45, 2.75) is 26.3 Å². The maximum atomic E-state index is 13.6. The van der Waals surface area contributed by atoms with Gasteiger partial charge in [-0.05, 0) is 30.7 Å². The van der Waals surface area contributed by atoms with Crippen LogP contribution in [0, 0.1) is 5.82 Å². The van der Waals surface area contributed by atoms with Crippen LogP contribution in [0.3, 0.4) is 0 Å². The van der Waals surface area contributed by atoms with Crippen molar-refractivity contribution in [1.82, 2.24) is 4.57 Å². The molecule has 0 spiro atoms. The van der Waals surface area contributed by atoms with Crippen molar-refractivity contribution in [2.24, 2.45) is 4.99 Å². The zero-order valence-corrected chi connectivity index (χ0v) is 14.2. The van der Waals surface area contributed by atoms with Gasteiger partial charge in [0.15, 0.2) is 10.6 Å². The van der Waals surface area contributed by atoms with Crippen LogP contribution in [-0.4, -0.2) is 4.57 Å². The molecule has 0 atom stereocenters. The lowest BCUT2D eigenvalue weighted by molar-refractivity contribution is 0.562. The number of hydrogen-bond donors (Lipinski definition) is 0. The summed E-state index contributed by atoms with van der Waals surface area (Å²) < 4.78 is 21.2. The maximum Gasteiger partial charge on any atom is 0.190 e. The third-order valence-electron chi connectivity index (χ3n) is 3.43. The van der Waals surface area contributed by atoms with Gasteiger partial charge in [0.25, 0.3) is 0 Å². The van der Waals surface area contributed by atoms with Gasteiger partial charge in [-0.15, -0.1) is 11.3 Å². The Kier molecular flexibility index (Phi) is 4.98. The lowest BCUT2D eigenvalue weighted by atomic mass is 10.3. The van der Waals surface area contributed by atoms with Crippen LogP contribution >= 0.6 is 22.9 Å². The predicted molar refractivity (Wildman–Crippen MR) is 91.6 cm³/mol. The number of rotatable bonds is 5. The second-order valence-electron chi connectivity index (χ2n) is 5.10. The highest BCUT2D eigenvalue weighted by atomic mass is 35.5. The molecule has 0 bridgehead atoms. The minimum atomic E-state index is -0.462. The fourth-order valence-electron chi connectivity index (χ4n) is 2.24. The monoisotopic (exact) mass is 350 g/mol. The van der Waals surface area contributed by atoms with E-state index in [0.717, 1.165) is 35.6 Å². The third-order valence-corrected chi connectivity index (χ3v) is 4.60. The van der Waals surface area contributed by atoms with Crippen molar-refractivity contribution in [2.75, 3.05) is 0 Å². The van der Waals surface area contributed by atoms with Crippen molar-refractivity contribution in [3.8, 4) is 11.5 Å². The summed E-state index contributed by atoms with van der Waals surface area (Å²) >= 11 is 7.23. The predicted octanol–water partition coefficient (Wildman–Crippen LogP) is 5.63. The number of aromatic nitrogens is 1. The highest BCUT2D eigenvalue weighted by Crippen LogP contribution is 2.23. The molecule has 2 aromatic heterocycles. The zero-order chi connectivity index (χ0) is 16.2. The van der Waals surface area contributed by atoms with Gasteiger partial charge < -0.3 is 8.98 Å². The summed E-state index contributed by atoms with van der Waals surface area (Å²) in [4.78, 5) is 5.38. The molecule has 0 radical (unpaired) electrons. The molecule has 6 heteroatoms. The van der Waals surface area contributed by atoms with E-state index in [4.69, 9.17) is 16.0 Å². The van der Waals surface area contributed by atoms with Crippen LogP contribution in [0.1, 0.15) is 19.8 Å². The lowest BCUT2D eigenvalue weighted by Gasteiger charge is -2.06. The first-order valence-electron chi connectivity index (χ1n) is 7.41. The molecule has 120 valence electrons. The number of benzene rings is 1. The molecule has 0 saturated heterocycles. The van der Waals surface area contributed by atoms with E-state index in [9.17, 15) is 4.39 Å². The fraction of sp³-hybridized carbons (Fsp3) is 0.235. The molecule has 3 aromatic rings. The molecule has 1 aromatic carbocycles. The summed E-state index contributed by atoms with van der Waals surface area (Å²) in [6, 6.07) is 8.37. The van der Waals surface area contributed by atoms with Crippen LogP contribution in [0.15, 0.2) is 51.4 Å². The third kappa shape index (κ3) is 3.57. The van der Waals surface area contributed by atoms with Gasteiger partial charge in [0.1, 0.15) is 5.82 Å². The van der Waals surface area contributed by atoms with Crippen LogP contribution in [0.25, 0.3) is 11.5 Å². The van der Waals surface area contributed by atoms with Crippen molar-refractivity contribution in [1.29, 1.82) is 0 Å². The Morgan fingerprint density at radius 2 is 2.22 bits per heavy atom. The molecule has 3 nitrogen and oxygen atoms in total. The number of nitrogens with zero attached hydrogens (tertiary/aromatic N) is 2. The van der Waals surface area contributed by atoms with Crippen LogP contribution in [0.4, 0.5) is 10.1 Å². The van der Waals surface area contributed by atoms with E-state index >= 15 is 0 Å². The molecule has 0 aliphatic rings. The van der Waals surface area contributed by atoms with E-state index in [-0.39, 0.29) is 5.02 Å². The van der Waals surface area contributed by atoms with E-state index in [1.807, 2.05) is 17.5 Å². The standard InChI is InChI=1S/C17H16ClFN2OS/c1-2-3-8-21-15(16-5-4-9-22-16)11-23-17(21)20-12-6-7-13(18)14(19)10-12/h4-7,9-11H,2-3,8H2,1H3. The average molecular weight is 351 g/mol. The van der Waals surface area contributed by atoms with Crippen molar-refractivity contribution in [3.63, 3.8) is 0 Å². The second kappa shape index (κ2) is 7.15. The minimum Gasteiger partial charge on any atom is -0.463 e. The molecular weight excluding hydrogens is 335 g/mol. The van der Waals surface area contributed by atoms with Gasteiger partial charge in [0.05, 0.1) is 22.7 Å². The molecule has 0 amide bonds. The van der Waals surface area contributed by atoms with Crippen molar-refractivity contribution < 1.29 is 8.81 Å². The van der Waals surface area contributed by atoms with Gasteiger partial charge in [0.2, 0.25) is 0 Å². The van der Waals surface area contributed by atoms with E-state index in [2.05, 4.69) is 16.5 Å². The topological polar surface area (TPSA) is 30.4 Å². The van der Waals surface area contributed by atoms with E-state index in [1.165, 1.54) is 23.5 Å². The van der Waals surface area contributed by atoms with Gasteiger partial charge in [-0.2, -0.15) is 0 Å². The van der Waals surface area contributed by atoms with E-state index < -0.39 is 5.82 Å². The van der Waals surface area contributed by atoms with Gasteiger partial charge >= 0.3 is 0 Å². The molecule has 0 saturated carbocycles. The summed E-state index contributed by atoms with van der Waals surface area (Å²) in [5.74, 6) is 0.344. The number of halogens is 2. The Balaban J connectivity index is 2.07. The summed E-state index contributed by atoms with van der Waals surface area (Å²) in [6.07, 6.45) is 3.77. The molecule has 23 heavy (non-hydrogen) atoms. The Bertz CT molecular complexity index is 852. The Morgan fingerprint density at radius 3 is 2.91 bits per heavy atom. The highest BCUT2D eigenvalue weighted by molar-refractivity contribution is 7.07. The number of furan rings is 1. The summed E-state index contributed by atoms with van der Waals surface area (Å²) in [7, 11) is 0. The summed E-state index contributed by atoms with van der Waals surface area (Å²) in [6.45, 7) is 2.98. The molecule has 0 fully saturated rings. The maximum absolute atomic E-state index is 13.6. The first-order valence-corrected chi connectivity index (χ1v) is 8.67. The van der Waals surface area contributed by atoms with Crippen LogP contribution in [0.2, 0.25) is 5.02 Å². The number of unbranched alkanes of at least 4 members (excludes halogenated alkanes) is 1. The molecule has 0 aliphatic carbocycles. The second-order valence-corrected chi connectivity index (χ2v) is 6.34. The van der Waals surface area contributed by atoms with Gasteiger partial charge in [-0.1, -0.05) is 24.9 Å². The van der Waals surface area contributed by atoms with Crippen LogP contribution in [-0.2, 0) is 6.54 Å². The summed E-state index contributed by atoms with van der Waals surface area (Å²) in [5, 5.41) is 2.12. The minimum absolute atomic E-state index is 0.102. The highest BCUT2D eigenvalue weighted by Gasteiger charge is 2.10. The van der Waals surface area contributed by atoms with Gasteiger partial charge in [-0.3, -0.25) is 0 Å². The van der Waals surface area contributed by atoms with E-state index in [1.54, 1.807) is 12.3 Å². The fourth-order valence-corrected chi connectivity index (χ4v) is 3.29. The molecule has 3 rings (SSSR count). The first-order chi connectivity index (χ1) is 11.2. The smallest absolute Gasteiger partial charge is 0.190 e. The molecule has 2 heterocycles. The molecule has 0 unspecified atom stereocenters. The van der Waals surface area contributed by atoms with E-state index in [0.29, 0.717) is 5.69 Å². The lowest BCUT2D eigenvalue weighted by Crippen LogP contribution is -2.15. The average Bonchev–Trinajstić information content (AvgIpc) is 3.18. The normalized spacial score (nSPS) is 12.0. The zero-order valence-electron chi connectivity index (χ0n) is 12.6. The Morgan fingerprint density at radius 1 is 1.35 bits per heavy atom. The molecular formula is C17H16ClFN2OS. The van der Waals surface area contributed by atoms with Crippen molar-refractivity contribution >= 4 is 28.6 Å². The Labute approximate surface area is 142 Å². The van der Waals surface area contributed by atoms with Crippen LogP contribution < -0.4 is 4.80 Å². The van der Waals surface area contributed by atoms with Crippen LogP contribution in [0.5, 0.6) is 0 Å². The Hall–Kier alpha value is -1.85. The largest absolute Gasteiger partial charge is 0.463 e. The number of hydrogen-bond acceptors (Lipinski definition) is 3. The first kappa shape index (κ1) is 16.0. The number of thiazole rings is 1. The SMILES string of the molecule is CCCCn1c(-c2ccco2)csc1=Nc1ccc(Cl)c(F)c1.